The highest BCUT2D eigenvalue weighted by atomic mass is 79.9. The maximum atomic E-state index is 4.42. The summed E-state index contributed by atoms with van der Waals surface area (Å²) < 4.78 is 3.21. The average Bonchev–Trinajstić information content (AvgIpc) is 2.82. The minimum Gasteiger partial charge on any atom is -0.311 e. The number of halogens is 1. The molecular weight excluding hydrogens is 322 g/mol. The lowest BCUT2D eigenvalue weighted by Crippen LogP contribution is -2.24. The quantitative estimate of drug-likeness (QED) is 0.845. The summed E-state index contributed by atoms with van der Waals surface area (Å²) in [6, 6.07) is 0.378. The normalized spacial score (nSPS) is 18.7. The molecule has 3 nitrogen and oxygen atoms in total. The second-order valence-electron chi connectivity index (χ2n) is 5.13. The topological polar surface area (TPSA) is 29.9 Å². The Kier molecular flexibility index (Phi) is 6.23. The molecule has 0 aliphatic heterocycles. The summed E-state index contributed by atoms with van der Waals surface area (Å²) in [6.07, 6.45) is 8.97. The molecule has 1 aliphatic rings. The molecule has 0 amide bonds. The zero-order valence-electron chi connectivity index (χ0n) is 11.9. The fraction of sp³-hybridized carbons (Fsp3) is 0.786. The molecule has 1 aromatic rings. The van der Waals surface area contributed by atoms with E-state index in [0.29, 0.717) is 6.04 Å². The van der Waals surface area contributed by atoms with E-state index in [4.69, 9.17) is 0 Å². The van der Waals surface area contributed by atoms with Crippen LogP contribution in [0.4, 0.5) is 0 Å². The monoisotopic (exact) mass is 345 g/mol. The highest BCUT2D eigenvalue weighted by molar-refractivity contribution is 9.10. The second-order valence-corrected chi connectivity index (χ2v) is 7.32. The van der Waals surface area contributed by atoms with Crippen molar-refractivity contribution in [2.45, 2.75) is 56.9 Å². The maximum Gasteiger partial charge on any atom is 0.0703 e. The molecule has 2 rings (SSSR count). The molecule has 0 radical (unpaired) electrons. The van der Waals surface area contributed by atoms with E-state index in [2.05, 4.69) is 49.7 Å². The molecule has 0 saturated heterocycles. The van der Waals surface area contributed by atoms with Gasteiger partial charge in [0.15, 0.2) is 0 Å². The summed E-state index contributed by atoms with van der Waals surface area (Å²) in [7, 11) is 2.05. The van der Waals surface area contributed by atoms with Crippen molar-refractivity contribution in [3.8, 4) is 0 Å². The minimum absolute atomic E-state index is 0.378. The van der Waals surface area contributed by atoms with E-state index in [1.54, 1.807) is 0 Å². The van der Waals surface area contributed by atoms with E-state index in [0.717, 1.165) is 22.0 Å². The van der Waals surface area contributed by atoms with Crippen LogP contribution in [0.5, 0.6) is 0 Å². The van der Waals surface area contributed by atoms with Crippen molar-refractivity contribution in [1.29, 1.82) is 0 Å². The Bertz CT molecular complexity index is 388. The number of rotatable bonds is 6. The van der Waals surface area contributed by atoms with Gasteiger partial charge >= 0.3 is 0 Å². The number of nitrogens with zero attached hydrogens (tertiary/aromatic N) is 2. The Balaban J connectivity index is 1.97. The van der Waals surface area contributed by atoms with Crippen LogP contribution in [0.3, 0.4) is 0 Å². The fourth-order valence-corrected chi connectivity index (χ4v) is 4.76. The third-order valence-corrected chi connectivity index (χ3v) is 5.94. The lowest BCUT2D eigenvalue weighted by atomic mass is 10.0. The van der Waals surface area contributed by atoms with Crippen LogP contribution in [0.1, 0.15) is 50.8 Å². The molecular formula is C14H24BrN3S. The van der Waals surface area contributed by atoms with Gasteiger partial charge in [-0.1, -0.05) is 19.3 Å². The first-order valence-electron chi connectivity index (χ1n) is 7.26. The zero-order chi connectivity index (χ0) is 13.7. The Hall–Kier alpha value is -0.0000000000000000763. The first kappa shape index (κ1) is 15.4. The molecule has 5 heteroatoms. The Morgan fingerprint density at radius 1 is 1.47 bits per heavy atom. The highest BCUT2D eigenvalue weighted by Gasteiger charge is 2.21. The van der Waals surface area contributed by atoms with Crippen LogP contribution in [0.15, 0.2) is 10.7 Å². The van der Waals surface area contributed by atoms with Crippen molar-refractivity contribution in [1.82, 2.24) is 15.1 Å². The Morgan fingerprint density at radius 2 is 2.21 bits per heavy atom. The molecule has 1 heterocycles. The second kappa shape index (κ2) is 7.70. The predicted molar refractivity (Wildman–Crippen MR) is 86.7 cm³/mol. The van der Waals surface area contributed by atoms with E-state index in [1.807, 2.05) is 13.2 Å². The molecule has 1 atom stereocenters. The van der Waals surface area contributed by atoms with Gasteiger partial charge in [-0.3, -0.25) is 4.68 Å². The lowest BCUT2D eigenvalue weighted by molar-refractivity contribution is 0.512. The standard InChI is InChI=1S/C14H24BrN3S/c1-3-18-14(12(15)9-17-18)13(16-2)10-19-11-7-5-4-6-8-11/h9,11,13,16H,3-8,10H2,1-2H3. The number of hydrogen-bond donors (Lipinski definition) is 1. The Morgan fingerprint density at radius 3 is 2.84 bits per heavy atom. The summed E-state index contributed by atoms with van der Waals surface area (Å²) >= 11 is 5.76. The third-order valence-electron chi connectivity index (χ3n) is 3.86. The van der Waals surface area contributed by atoms with Gasteiger partial charge in [-0.05, 0) is 42.7 Å². The van der Waals surface area contributed by atoms with Crippen molar-refractivity contribution in [3.05, 3.63) is 16.4 Å². The van der Waals surface area contributed by atoms with Crippen molar-refractivity contribution in [2.24, 2.45) is 0 Å². The van der Waals surface area contributed by atoms with Gasteiger partial charge in [0.1, 0.15) is 0 Å². The molecule has 19 heavy (non-hydrogen) atoms. The summed E-state index contributed by atoms with van der Waals surface area (Å²) in [4.78, 5) is 0. The van der Waals surface area contributed by atoms with Gasteiger partial charge in [-0.25, -0.2) is 0 Å². The van der Waals surface area contributed by atoms with E-state index in [9.17, 15) is 0 Å². The van der Waals surface area contributed by atoms with E-state index < -0.39 is 0 Å². The molecule has 1 unspecified atom stereocenters. The van der Waals surface area contributed by atoms with Crippen LogP contribution in [-0.2, 0) is 6.54 Å². The van der Waals surface area contributed by atoms with Crippen LogP contribution >= 0.6 is 27.7 Å². The van der Waals surface area contributed by atoms with Gasteiger partial charge in [0.2, 0.25) is 0 Å². The number of aromatic nitrogens is 2. The summed E-state index contributed by atoms with van der Waals surface area (Å²) in [5, 5.41) is 8.73. The number of thioether (sulfide) groups is 1. The number of aryl methyl sites for hydroxylation is 1. The summed E-state index contributed by atoms with van der Waals surface area (Å²) in [6.45, 7) is 3.07. The zero-order valence-corrected chi connectivity index (χ0v) is 14.3. The van der Waals surface area contributed by atoms with Gasteiger partial charge in [0.05, 0.1) is 22.4 Å². The molecule has 0 bridgehead atoms. The van der Waals surface area contributed by atoms with Gasteiger partial charge < -0.3 is 5.32 Å². The fourth-order valence-electron chi connectivity index (χ4n) is 2.73. The van der Waals surface area contributed by atoms with Crippen LogP contribution in [0.25, 0.3) is 0 Å². The number of hydrogen-bond acceptors (Lipinski definition) is 3. The van der Waals surface area contributed by atoms with Crippen molar-refractivity contribution < 1.29 is 0 Å². The van der Waals surface area contributed by atoms with Crippen LogP contribution in [0, 0.1) is 0 Å². The first-order valence-corrected chi connectivity index (χ1v) is 9.10. The largest absolute Gasteiger partial charge is 0.311 e. The smallest absolute Gasteiger partial charge is 0.0703 e. The van der Waals surface area contributed by atoms with E-state index in [1.165, 1.54) is 37.8 Å². The molecule has 108 valence electrons. The van der Waals surface area contributed by atoms with Crippen LogP contribution < -0.4 is 5.32 Å². The van der Waals surface area contributed by atoms with Crippen molar-refractivity contribution >= 4 is 27.7 Å². The molecule has 1 saturated carbocycles. The van der Waals surface area contributed by atoms with Crippen molar-refractivity contribution in [3.63, 3.8) is 0 Å². The maximum absolute atomic E-state index is 4.42. The molecule has 1 aliphatic carbocycles. The van der Waals surface area contributed by atoms with Crippen molar-refractivity contribution in [2.75, 3.05) is 12.8 Å². The van der Waals surface area contributed by atoms with Gasteiger partial charge in [0, 0.05) is 17.5 Å². The SMILES string of the molecule is CCn1ncc(Br)c1C(CSC1CCCCC1)NC. The van der Waals surface area contributed by atoms with Crippen LogP contribution in [-0.4, -0.2) is 27.8 Å². The molecule has 1 N–H and O–H groups in total. The predicted octanol–water partition coefficient (Wildman–Crippen LogP) is 3.99. The third kappa shape index (κ3) is 3.99. The highest BCUT2D eigenvalue weighted by Crippen LogP contribution is 2.32. The van der Waals surface area contributed by atoms with Gasteiger partial charge in [-0.15, -0.1) is 0 Å². The molecule has 0 aromatic carbocycles. The van der Waals surface area contributed by atoms with E-state index >= 15 is 0 Å². The molecule has 1 fully saturated rings. The lowest BCUT2D eigenvalue weighted by Gasteiger charge is -2.24. The average molecular weight is 346 g/mol. The summed E-state index contributed by atoms with van der Waals surface area (Å²) in [5.74, 6) is 1.13. The van der Waals surface area contributed by atoms with Gasteiger partial charge in [-0.2, -0.15) is 16.9 Å². The number of nitrogens with one attached hydrogen (secondary N) is 1. The molecule has 0 spiro atoms. The first-order chi connectivity index (χ1) is 9.26. The minimum atomic E-state index is 0.378. The Labute approximate surface area is 129 Å². The summed E-state index contributed by atoms with van der Waals surface area (Å²) in [5.41, 5.74) is 1.29. The van der Waals surface area contributed by atoms with E-state index in [-0.39, 0.29) is 0 Å². The molecule has 1 aromatic heterocycles. The van der Waals surface area contributed by atoms with Crippen LogP contribution in [0.2, 0.25) is 0 Å². The van der Waals surface area contributed by atoms with Gasteiger partial charge in [0.25, 0.3) is 0 Å².